The smallest absolute Gasteiger partial charge is 0.0172 e. The summed E-state index contributed by atoms with van der Waals surface area (Å²) < 4.78 is 0. The van der Waals surface area contributed by atoms with E-state index in [1.54, 1.807) is 0 Å². The maximum absolute atomic E-state index is 5.75. The highest BCUT2D eigenvalue weighted by Gasteiger charge is 2.15. The van der Waals surface area contributed by atoms with Gasteiger partial charge < -0.3 is 11.1 Å². The van der Waals surface area contributed by atoms with Crippen molar-refractivity contribution in [3.63, 3.8) is 0 Å². The highest BCUT2D eigenvalue weighted by Crippen LogP contribution is 2.24. The van der Waals surface area contributed by atoms with E-state index in [9.17, 15) is 0 Å². The molecule has 0 radical (unpaired) electrons. The molecule has 0 amide bonds. The highest BCUT2D eigenvalue weighted by atomic mass is 32.2. The van der Waals surface area contributed by atoms with Gasteiger partial charge in [-0.25, -0.2) is 0 Å². The zero-order chi connectivity index (χ0) is 11.1. The lowest BCUT2D eigenvalue weighted by molar-refractivity contribution is 0.370. The molecule has 3 N–H and O–H groups in total. The Labute approximate surface area is 98.8 Å². The van der Waals surface area contributed by atoms with Gasteiger partial charge in [-0.05, 0) is 43.5 Å². The van der Waals surface area contributed by atoms with Crippen LogP contribution in [0.25, 0.3) is 0 Å². The molecule has 1 saturated heterocycles. The highest BCUT2D eigenvalue weighted by molar-refractivity contribution is 7.99. The molecular weight excluding hydrogens is 204 g/mol. The first-order valence-electron chi connectivity index (χ1n) is 6.26. The van der Waals surface area contributed by atoms with Gasteiger partial charge in [0.05, 0.1) is 0 Å². The van der Waals surface area contributed by atoms with Gasteiger partial charge in [0.2, 0.25) is 0 Å². The molecule has 1 aliphatic heterocycles. The molecule has 0 saturated carbocycles. The van der Waals surface area contributed by atoms with Crippen molar-refractivity contribution in [1.29, 1.82) is 0 Å². The molecule has 90 valence electrons. The van der Waals surface area contributed by atoms with Crippen molar-refractivity contribution >= 4 is 11.8 Å². The van der Waals surface area contributed by atoms with Gasteiger partial charge in [0.1, 0.15) is 0 Å². The van der Waals surface area contributed by atoms with Gasteiger partial charge in [0, 0.05) is 11.8 Å². The van der Waals surface area contributed by atoms with Crippen LogP contribution in [0.15, 0.2) is 0 Å². The van der Waals surface area contributed by atoms with Gasteiger partial charge in [-0.15, -0.1) is 0 Å². The second kappa shape index (κ2) is 7.53. The number of rotatable bonds is 6. The summed E-state index contributed by atoms with van der Waals surface area (Å²) in [7, 11) is 0. The molecule has 3 heteroatoms. The molecule has 0 aliphatic carbocycles. The van der Waals surface area contributed by atoms with E-state index in [1.807, 2.05) is 0 Å². The minimum Gasteiger partial charge on any atom is -0.330 e. The van der Waals surface area contributed by atoms with Crippen LogP contribution in [0.3, 0.4) is 0 Å². The Hall–Kier alpha value is 0.270. The summed E-state index contributed by atoms with van der Waals surface area (Å²) in [5.74, 6) is 2.69. The fraction of sp³-hybridized carbons (Fsp3) is 1.00. The summed E-state index contributed by atoms with van der Waals surface area (Å²) in [6.45, 7) is 7.59. The molecule has 2 unspecified atom stereocenters. The molecule has 0 aromatic rings. The van der Waals surface area contributed by atoms with Crippen LogP contribution in [-0.2, 0) is 0 Å². The van der Waals surface area contributed by atoms with Crippen LogP contribution in [0.4, 0.5) is 0 Å². The molecule has 2 atom stereocenters. The molecule has 1 aliphatic rings. The summed E-state index contributed by atoms with van der Waals surface area (Å²) in [4.78, 5) is 0. The first kappa shape index (κ1) is 13.3. The predicted molar refractivity (Wildman–Crippen MR) is 70.3 cm³/mol. The molecule has 1 fully saturated rings. The van der Waals surface area contributed by atoms with Crippen molar-refractivity contribution in [2.45, 2.75) is 38.4 Å². The quantitative estimate of drug-likeness (QED) is 0.734. The minimum atomic E-state index is 0.638. The Morgan fingerprint density at radius 1 is 1.40 bits per heavy atom. The molecular formula is C12H26N2S. The van der Waals surface area contributed by atoms with E-state index in [-0.39, 0.29) is 0 Å². The maximum Gasteiger partial charge on any atom is 0.0172 e. The standard InChI is InChI=1S/C12H26N2S/c1-10(2)11(7-13)8-14-9-12-5-3-4-6-15-12/h10-12,14H,3-9,13H2,1-2H3. The van der Waals surface area contributed by atoms with Crippen molar-refractivity contribution in [3.05, 3.63) is 0 Å². The summed E-state index contributed by atoms with van der Waals surface area (Å²) in [6.07, 6.45) is 4.23. The van der Waals surface area contributed by atoms with E-state index in [4.69, 9.17) is 5.73 Å². The fourth-order valence-corrected chi connectivity index (χ4v) is 3.26. The maximum atomic E-state index is 5.75. The van der Waals surface area contributed by atoms with Crippen molar-refractivity contribution in [3.8, 4) is 0 Å². The number of hydrogen-bond donors (Lipinski definition) is 2. The minimum absolute atomic E-state index is 0.638. The third-order valence-electron chi connectivity index (χ3n) is 3.30. The average molecular weight is 230 g/mol. The molecule has 0 aromatic heterocycles. The van der Waals surface area contributed by atoms with Crippen LogP contribution >= 0.6 is 11.8 Å². The monoisotopic (exact) mass is 230 g/mol. The molecule has 1 rings (SSSR count). The first-order chi connectivity index (χ1) is 7.24. The predicted octanol–water partition coefficient (Wildman–Crippen LogP) is 2.09. The lowest BCUT2D eigenvalue weighted by Gasteiger charge is -2.24. The molecule has 0 bridgehead atoms. The fourth-order valence-electron chi connectivity index (χ4n) is 1.99. The van der Waals surface area contributed by atoms with Gasteiger partial charge in [-0.3, -0.25) is 0 Å². The number of nitrogens with one attached hydrogen (secondary N) is 1. The van der Waals surface area contributed by atoms with E-state index in [0.717, 1.165) is 18.3 Å². The molecule has 2 nitrogen and oxygen atoms in total. The summed E-state index contributed by atoms with van der Waals surface area (Å²) in [5, 5.41) is 4.44. The number of nitrogens with two attached hydrogens (primary N) is 1. The lowest BCUT2D eigenvalue weighted by atomic mass is 9.96. The topological polar surface area (TPSA) is 38.0 Å². The van der Waals surface area contributed by atoms with E-state index in [1.165, 1.54) is 31.6 Å². The van der Waals surface area contributed by atoms with Gasteiger partial charge >= 0.3 is 0 Å². The van der Waals surface area contributed by atoms with Crippen LogP contribution in [0.1, 0.15) is 33.1 Å². The van der Waals surface area contributed by atoms with Crippen molar-refractivity contribution in [1.82, 2.24) is 5.32 Å². The van der Waals surface area contributed by atoms with Gasteiger partial charge in [0.25, 0.3) is 0 Å². The molecule has 0 spiro atoms. The van der Waals surface area contributed by atoms with Crippen molar-refractivity contribution < 1.29 is 0 Å². The SMILES string of the molecule is CC(C)C(CN)CNCC1CCCCS1. The summed E-state index contributed by atoms with van der Waals surface area (Å²) >= 11 is 2.14. The van der Waals surface area contributed by atoms with Gasteiger partial charge in [-0.2, -0.15) is 11.8 Å². The third-order valence-corrected chi connectivity index (χ3v) is 4.70. The number of hydrogen-bond acceptors (Lipinski definition) is 3. The second-order valence-electron chi connectivity index (χ2n) is 4.89. The van der Waals surface area contributed by atoms with Gasteiger partial charge in [-0.1, -0.05) is 20.3 Å². The van der Waals surface area contributed by atoms with Crippen LogP contribution in [0.5, 0.6) is 0 Å². The third kappa shape index (κ3) is 5.23. The number of thioether (sulfide) groups is 1. The Morgan fingerprint density at radius 3 is 2.73 bits per heavy atom. The van der Waals surface area contributed by atoms with E-state index in [2.05, 4.69) is 30.9 Å². The van der Waals surface area contributed by atoms with Crippen molar-refractivity contribution in [2.24, 2.45) is 17.6 Å². The zero-order valence-corrected chi connectivity index (χ0v) is 11.0. The first-order valence-corrected chi connectivity index (χ1v) is 7.31. The molecule has 1 heterocycles. The summed E-state index contributed by atoms with van der Waals surface area (Å²) in [6, 6.07) is 0. The van der Waals surface area contributed by atoms with Crippen LogP contribution in [0, 0.1) is 11.8 Å². The Bertz CT molecular complexity index is 156. The van der Waals surface area contributed by atoms with E-state index >= 15 is 0 Å². The second-order valence-corrected chi connectivity index (χ2v) is 6.29. The van der Waals surface area contributed by atoms with Crippen LogP contribution in [-0.4, -0.2) is 30.6 Å². The van der Waals surface area contributed by atoms with Crippen LogP contribution < -0.4 is 11.1 Å². The van der Waals surface area contributed by atoms with Gasteiger partial charge in [0.15, 0.2) is 0 Å². The normalized spacial score (nSPS) is 24.4. The Morgan fingerprint density at radius 2 is 2.20 bits per heavy atom. The largest absolute Gasteiger partial charge is 0.330 e. The Kier molecular flexibility index (Phi) is 6.69. The van der Waals surface area contributed by atoms with E-state index < -0.39 is 0 Å². The van der Waals surface area contributed by atoms with Crippen molar-refractivity contribution in [2.75, 3.05) is 25.4 Å². The molecule has 0 aromatic carbocycles. The average Bonchev–Trinajstić information content (AvgIpc) is 2.25. The zero-order valence-electron chi connectivity index (χ0n) is 10.2. The summed E-state index contributed by atoms with van der Waals surface area (Å²) in [5.41, 5.74) is 5.75. The lowest BCUT2D eigenvalue weighted by Crippen LogP contribution is -2.35. The van der Waals surface area contributed by atoms with Crippen LogP contribution in [0.2, 0.25) is 0 Å². The Balaban J connectivity index is 2.08. The molecule has 15 heavy (non-hydrogen) atoms. The van der Waals surface area contributed by atoms with E-state index in [0.29, 0.717) is 11.8 Å².